The van der Waals surface area contributed by atoms with E-state index in [1.54, 1.807) is 0 Å². The molecule has 2 aromatic carbocycles. The third kappa shape index (κ3) is 6.10. The predicted octanol–water partition coefficient (Wildman–Crippen LogP) is 4.51. The number of ether oxygens (including phenoxy) is 2. The summed E-state index contributed by atoms with van der Waals surface area (Å²) in [5.41, 5.74) is 2.25. The van der Waals surface area contributed by atoms with Gasteiger partial charge in [-0.3, -0.25) is 4.79 Å². The number of rotatable bonds is 9. The third-order valence-corrected chi connectivity index (χ3v) is 4.01. The van der Waals surface area contributed by atoms with E-state index >= 15 is 0 Å². The van der Waals surface area contributed by atoms with E-state index < -0.39 is 6.10 Å². The number of amides is 1. The van der Waals surface area contributed by atoms with Crippen molar-refractivity contribution in [2.24, 2.45) is 0 Å². The molecule has 4 nitrogen and oxygen atoms in total. The Morgan fingerprint density at radius 3 is 2.31 bits per heavy atom. The van der Waals surface area contributed by atoms with Gasteiger partial charge >= 0.3 is 0 Å². The molecule has 0 aromatic heterocycles. The fourth-order valence-electron chi connectivity index (χ4n) is 2.59. The average molecular weight is 355 g/mol. The lowest BCUT2D eigenvalue weighted by molar-refractivity contribution is -0.128. The molecular weight excluding hydrogens is 326 g/mol. The Morgan fingerprint density at radius 2 is 1.69 bits per heavy atom. The quantitative estimate of drug-likeness (QED) is 0.720. The summed E-state index contributed by atoms with van der Waals surface area (Å²) in [6, 6.07) is 15.7. The monoisotopic (exact) mass is 355 g/mol. The molecular formula is C22H29NO3. The second kappa shape index (κ2) is 9.85. The van der Waals surface area contributed by atoms with Gasteiger partial charge in [-0.05, 0) is 62.1 Å². The molecule has 0 unspecified atom stereocenters. The predicted molar refractivity (Wildman–Crippen MR) is 105 cm³/mol. The summed E-state index contributed by atoms with van der Waals surface area (Å²) in [4.78, 5) is 12.5. The summed E-state index contributed by atoms with van der Waals surface area (Å²) in [5, 5.41) is 2.95. The average Bonchev–Trinajstić information content (AvgIpc) is 2.64. The van der Waals surface area contributed by atoms with E-state index in [-0.39, 0.29) is 12.0 Å². The highest BCUT2D eigenvalue weighted by molar-refractivity contribution is 5.81. The van der Waals surface area contributed by atoms with Crippen LogP contribution in [0.4, 0.5) is 0 Å². The van der Waals surface area contributed by atoms with Crippen LogP contribution in [0.25, 0.3) is 0 Å². The van der Waals surface area contributed by atoms with E-state index in [1.807, 2.05) is 69.3 Å². The zero-order valence-corrected chi connectivity index (χ0v) is 16.1. The van der Waals surface area contributed by atoms with Gasteiger partial charge in [-0.15, -0.1) is 0 Å². The van der Waals surface area contributed by atoms with E-state index in [9.17, 15) is 4.79 Å². The van der Waals surface area contributed by atoms with Crippen LogP contribution in [0, 0.1) is 0 Å². The highest BCUT2D eigenvalue weighted by atomic mass is 16.5. The molecule has 0 heterocycles. The van der Waals surface area contributed by atoms with Crippen LogP contribution in [-0.4, -0.2) is 18.1 Å². The minimum atomic E-state index is -0.502. The smallest absolute Gasteiger partial charge is 0.261 e. The zero-order chi connectivity index (χ0) is 18.9. The fraction of sp³-hybridized carbons (Fsp3) is 0.409. The van der Waals surface area contributed by atoms with E-state index in [4.69, 9.17) is 9.47 Å². The van der Waals surface area contributed by atoms with Crippen molar-refractivity contribution < 1.29 is 14.3 Å². The first-order valence-electron chi connectivity index (χ1n) is 9.30. The molecule has 0 bridgehead atoms. The molecule has 140 valence electrons. The molecule has 0 fully saturated rings. The summed E-state index contributed by atoms with van der Waals surface area (Å²) in [5.74, 6) is 1.42. The molecule has 0 saturated heterocycles. The molecule has 0 aliphatic carbocycles. The first kappa shape index (κ1) is 19.8. The summed E-state index contributed by atoms with van der Waals surface area (Å²) in [7, 11) is 0. The number of hydrogen-bond donors (Lipinski definition) is 1. The van der Waals surface area contributed by atoms with Gasteiger partial charge in [-0.25, -0.2) is 0 Å². The van der Waals surface area contributed by atoms with E-state index in [2.05, 4.69) is 12.2 Å². The summed E-state index contributed by atoms with van der Waals surface area (Å²) in [6.45, 7) is 8.49. The van der Waals surface area contributed by atoms with E-state index in [1.165, 1.54) is 5.56 Å². The number of aryl methyl sites for hydroxylation is 1. The number of carbonyl (C=O) groups is 1. The maximum atomic E-state index is 12.5. The van der Waals surface area contributed by atoms with Crippen LogP contribution < -0.4 is 14.8 Å². The SMILES string of the molecule is CCc1ccc(O[C@@H](CC)C(=O)NCc2cccc(OC(C)C)c2)cc1. The van der Waals surface area contributed by atoms with Gasteiger partial charge < -0.3 is 14.8 Å². The normalized spacial score (nSPS) is 11.9. The van der Waals surface area contributed by atoms with Crippen LogP contribution in [0.2, 0.25) is 0 Å². The van der Waals surface area contributed by atoms with Crippen molar-refractivity contribution in [3.8, 4) is 11.5 Å². The third-order valence-electron chi connectivity index (χ3n) is 4.01. The first-order chi connectivity index (χ1) is 12.5. The Bertz CT molecular complexity index is 695. The maximum absolute atomic E-state index is 12.5. The molecule has 0 aliphatic rings. The first-order valence-corrected chi connectivity index (χ1v) is 9.30. The number of hydrogen-bond acceptors (Lipinski definition) is 3. The minimum absolute atomic E-state index is 0.109. The van der Waals surface area contributed by atoms with Gasteiger partial charge in [0.15, 0.2) is 6.10 Å². The van der Waals surface area contributed by atoms with Gasteiger partial charge in [0.25, 0.3) is 5.91 Å². The summed E-state index contributed by atoms with van der Waals surface area (Å²) in [6.07, 6.45) is 1.21. The van der Waals surface area contributed by atoms with Crippen LogP contribution in [-0.2, 0) is 17.8 Å². The van der Waals surface area contributed by atoms with Gasteiger partial charge in [0, 0.05) is 6.54 Å². The molecule has 0 saturated carbocycles. The van der Waals surface area contributed by atoms with Gasteiger partial charge in [-0.2, -0.15) is 0 Å². The summed E-state index contributed by atoms with van der Waals surface area (Å²) < 4.78 is 11.5. The minimum Gasteiger partial charge on any atom is -0.491 e. The maximum Gasteiger partial charge on any atom is 0.261 e. The van der Waals surface area contributed by atoms with Gasteiger partial charge in [0.2, 0.25) is 0 Å². The van der Waals surface area contributed by atoms with Crippen LogP contribution in [0.5, 0.6) is 11.5 Å². The molecule has 2 rings (SSSR count). The van der Waals surface area contributed by atoms with Crippen molar-refractivity contribution in [2.75, 3.05) is 0 Å². The van der Waals surface area contributed by atoms with E-state index in [0.29, 0.717) is 13.0 Å². The lowest BCUT2D eigenvalue weighted by Gasteiger charge is -2.18. The number of carbonyl (C=O) groups excluding carboxylic acids is 1. The van der Waals surface area contributed by atoms with Gasteiger partial charge in [-0.1, -0.05) is 38.1 Å². The van der Waals surface area contributed by atoms with Crippen LogP contribution in [0.1, 0.15) is 45.2 Å². The van der Waals surface area contributed by atoms with Crippen molar-refractivity contribution in [3.63, 3.8) is 0 Å². The fourth-order valence-corrected chi connectivity index (χ4v) is 2.59. The molecule has 1 N–H and O–H groups in total. The Morgan fingerprint density at radius 1 is 0.962 bits per heavy atom. The number of benzene rings is 2. The van der Waals surface area contributed by atoms with Crippen molar-refractivity contribution in [3.05, 3.63) is 59.7 Å². The molecule has 0 spiro atoms. The Labute approximate surface area is 156 Å². The van der Waals surface area contributed by atoms with Crippen molar-refractivity contribution >= 4 is 5.91 Å². The second-order valence-electron chi connectivity index (χ2n) is 6.54. The molecule has 0 aliphatic heterocycles. The van der Waals surface area contributed by atoms with Gasteiger partial charge in [0.1, 0.15) is 11.5 Å². The van der Waals surface area contributed by atoms with Crippen LogP contribution in [0.15, 0.2) is 48.5 Å². The molecule has 1 amide bonds. The lowest BCUT2D eigenvalue weighted by atomic mass is 10.1. The molecule has 1 atom stereocenters. The Kier molecular flexibility index (Phi) is 7.52. The Balaban J connectivity index is 1.92. The second-order valence-corrected chi connectivity index (χ2v) is 6.54. The van der Waals surface area contributed by atoms with Crippen molar-refractivity contribution in [1.82, 2.24) is 5.32 Å². The van der Waals surface area contributed by atoms with Crippen LogP contribution in [0.3, 0.4) is 0 Å². The van der Waals surface area contributed by atoms with Crippen molar-refractivity contribution in [1.29, 1.82) is 0 Å². The lowest BCUT2D eigenvalue weighted by Crippen LogP contribution is -2.37. The molecule has 0 radical (unpaired) electrons. The Hall–Kier alpha value is -2.49. The largest absolute Gasteiger partial charge is 0.491 e. The standard InChI is InChI=1S/C22H29NO3/c1-5-17-10-12-19(13-11-17)26-21(6-2)22(24)23-15-18-8-7-9-20(14-18)25-16(3)4/h7-14,16,21H,5-6,15H2,1-4H3,(H,23,24)/t21-/m0/s1. The zero-order valence-electron chi connectivity index (χ0n) is 16.1. The van der Waals surface area contributed by atoms with E-state index in [0.717, 1.165) is 23.5 Å². The van der Waals surface area contributed by atoms with Crippen molar-refractivity contribution in [2.45, 2.75) is 59.3 Å². The highest BCUT2D eigenvalue weighted by Crippen LogP contribution is 2.17. The molecule has 2 aromatic rings. The number of nitrogens with one attached hydrogen (secondary N) is 1. The van der Waals surface area contributed by atoms with Crippen LogP contribution >= 0.6 is 0 Å². The highest BCUT2D eigenvalue weighted by Gasteiger charge is 2.18. The molecule has 4 heteroatoms. The van der Waals surface area contributed by atoms with Gasteiger partial charge in [0.05, 0.1) is 6.10 Å². The topological polar surface area (TPSA) is 47.6 Å². The molecule has 26 heavy (non-hydrogen) atoms. The summed E-state index contributed by atoms with van der Waals surface area (Å²) >= 11 is 0.